The highest BCUT2D eigenvalue weighted by molar-refractivity contribution is 6.18. The van der Waals surface area contributed by atoms with Gasteiger partial charge in [0.1, 0.15) is 22.9 Å². The number of alkyl halides is 1. The number of hydrogen-bond acceptors (Lipinski definition) is 6. The molecule has 1 heterocycles. The first-order valence-corrected chi connectivity index (χ1v) is 6.78. The molecule has 0 amide bonds. The standard InChI is InChI=1S/C13H14ClN3O4/c1-8(18)20-10-3-4-12-13(5-10)16-17(15-12)7-11(6-14)21-9(2)19/h3-5,11H,6-7H2,1-2H3. The number of hydrogen-bond donors (Lipinski definition) is 0. The van der Waals surface area contributed by atoms with E-state index in [0.29, 0.717) is 16.8 Å². The minimum atomic E-state index is -0.501. The number of benzene rings is 1. The van der Waals surface area contributed by atoms with Crippen molar-refractivity contribution in [3.8, 4) is 5.75 Å². The number of ether oxygens (including phenoxy) is 2. The Kier molecular flexibility index (Phi) is 4.74. The van der Waals surface area contributed by atoms with Crippen LogP contribution in [0.1, 0.15) is 13.8 Å². The van der Waals surface area contributed by atoms with Crippen molar-refractivity contribution < 1.29 is 19.1 Å². The van der Waals surface area contributed by atoms with E-state index in [9.17, 15) is 9.59 Å². The van der Waals surface area contributed by atoms with Crippen molar-refractivity contribution >= 4 is 34.6 Å². The van der Waals surface area contributed by atoms with Crippen molar-refractivity contribution in [2.75, 3.05) is 5.88 Å². The van der Waals surface area contributed by atoms with Gasteiger partial charge in [-0.3, -0.25) is 9.59 Å². The second kappa shape index (κ2) is 6.53. The van der Waals surface area contributed by atoms with Crippen LogP contribution < -0.4 is 4.74 Å². The number of aromatic nitrogens is 3. The van der Waals surface area contributed by atoms with Gasteiger partial charge in [0, 0.05) is 19.9 Å². The average molecular weight is 312 g/mol. The van der Waals surface area contributed by atoms with E-state index in [-0.39, 0.29) is 12.4 Å². The first-order chi connectivity index (χ1) is 9.97. The fourth-order valence-electron chi connectivity index (χ4n) is 1.78. The summed E-state index contributed by atoms with van der Waals surface area (Å²) in [5.74, 6) is -0.264. The van der Waals surface area contributed by atoms with Gasteiger partial charge in [-0.15, -0.1) is 11.6 Å². The Bertz CT molecular complexity index is 670. The molecule has 8 heteroatoms. The van der Waals surface area contributed by atoms with Crippen LogP contribution in [-0.2, 0) is 20.9 Å². The predicted molar refractivity (Wildman–Crippen MR) is 75.1 cm³/mol. The third-order valence-corrected chi connectivity index (χ3v) is 2.87. The molecule has 0 saturated heterocycles. The number of esters is 2. The van der Waals surface area contributed by atoms with Crippen LogP contribution in [0.2, 0.25) is 0 Å². The molecule has 0 bridgehead atoms. The van der Waals surface area contributed by atoms with Crippen LogP contribution >= 0.6 is 11.6 Å². The van der Waals surface area contributed by atoms with Gasteiger partial charge in [0.05, 0.1) is 12.4 Å². The zero-order valence-electron chi connectivity index (χ0n) is 11.6. The smallest absolute Gasteiger partial charge is 0.308 e. The molecule has 0 spiro atoms. The number of nitrogens with zero attached hydrogens (tertiary/aromatic N) is 3. The molecule has 1 aromatic carbocycles. The topological polar surface area (TPSA) is 83.3 Å². The molecule has 0 fully saturated rings. The van der Waals surface area contributed by atoms with E-state index in [1.165, 1.54) is 18.6 Å². The van der Waals surface area contributed by atoms with Crippen molar-refractivity contribution in [2.45, 2.75) is 26.5 Å². The first-order valence-electron chi connectivity index (χ1n) is 6.24. The Hall–Kier alpha value is -2.15. The SMILES string of the molecule is CC(=O)Oc1ccc2nn(CC(CCl)OC(C)=O)nc2c1. The van der Waals surface area contributed by atoms with Crippen molar-refractivity contribution in [3.63, 3.8) is 0 Å². The Labute approximate surface area is 125 Å². The molecule has 1 atom stereocenters. The highest BCUT2D eigenvalue weighted by Gasteiger charge is 2.14. The van der Waals surface area contributed by atoms with Crippen molar-refractivity contribution in [2.24, 2.45) is 0 Å². The lowest BCUT2D eigenvalue weighted by Crippen LogP contribution is -2.25. The normalized spacial score (nSPS) is 12.1. The monoisotopic (exact) mass is 311 g/mol. The molecule has 1 unspecified atom stereocenters. The predicted octanol–water partition coefficient (Wildman–Crippen LogP) is 1.53. The average Bonchev–Trinajstić information content (AvgIpc) is 2.78. The largest absolute Gasteiger partial charge is 0.459 e. The van der Waals surface area contributed by atoms with E-state index < -0.39 is 18.0 Å². The van der Waals surface area contributed by atoms with Gasteiger partial charge in [0.15, 0.2) is 0 Å². The number of carbonyl (C=O) groups excluding carboxylic acids is 2. The van der Waals surface area contributed by atoms with E-state index >= 15 is 0 Å². The molecule has 2 aromatic rings. The van der Waals surface area contributed by atoms with Crippen molar-refractivity contribution in [1.29, 1.82) is 0 Å². The Morgan fingerprint density at radius 1 is 1.24 bits per heavy atom. The molecular weight excluding hydrogens is 298 g/mol. The zero-order chi connectivity index (χ0) is 15.4. The number of halogens is 1. The lowest BCUT2D eigenvalue weighted by molar-refractivity contribution is -0.146. The second-order valence-electron chi connectivity index (χ2n) is 4.38. The minimum Gasteiger partial charge on any atom is -0.459 e. The molecule has 7 nitrogen and oxygen atoms in total. The van der Waals surface area contributed by atoms with Crippen LogP contribution in [0.25, 0.3) is 11.0 Å². The third-order valence-electron chi connectivity index (χ3n) is 2.53. The summed E-state index contributed by atoms with van der Waals surface area (Å²) in [6.07, 6.45) is -0.501. The molecule has 0 aliphatic rings. The molecule has 2 rings (SSSR count). The lowest BCUT2D eigenvalue weighted by Gasteiger charge is -2.12. The third kappa shape index (κ3) is 4.16. The van der Waals surface area contributed by atoms with Gasteiger partial charge in [0.2, 0.25) is 0 Å². The Morgan fingerprint density at radius 2 is 1.95 bits per heavy atom. The van der Waals surface area contributed by atoms with Crippen molar-refractivity contribution in [1.82, 2.24) is 15.0 Å². The molecule has 0 aliphatic heterocycles. The quantitative estimate of drug-likeness (QED) is 0.473. The lowest BCUT2D eigenvalue weighted by atomic mass is 10.3. The summed E-state index contributed by atoms with van der Waals surface area (Å²) in [4.78, 5) is 23.3. The number of rotatable bonds is 5. The summed E-state index contributed by atoms with van der Waals surface area (Å²) in [7, 11) is 0. The fraction of sp³-hybridized carbons (Fsp3) is 0.385. The Morgan fingerprint density at radius 3 is 2.57 bits per heavy atom. The van der Waals surface area contributed by atoms with Crippen molar-refractivity contribution in [3.05, 3.63) is 18.2 Å². The van der Waals surface area contributed by atoms with E-state index in [1.54, 1.807) is 18.2 Å². The fourth-order valence-corrected chi connectivity index (χ4v) is 1.95. The second-order valence-corrected chi connectivity index (χ2v) is 4.69. The van der Waals surface area contributed by atoms with E-state index in [0.717, 1.165) is 0 Å². The molecule has 0 N–H and O–H groups in total. The summed E-state index contributed by atoms with van der Waals surface area (Å²) in [6.45, 7) is 2.89. The molecule has 0 aliphatic carbocycles. The van der Waals surface area contributed by atoms with Crippen LogP contribution in [0.4, 0.5) is 0 Å². The molecule has 112 valence electrons. The summed E-state index contributed by atoms with van der Waals surface area (Å²) in [5, 5.41) is 8.48. The van der Waals surface area contributed by atoms with Crippen LogP contribution in [0, 0.1) is 0 Å². The molecule has 0 radical (unpaired) electrons. The highest BCUT2D eigenvalue weighted by atomic mass is 35.5. The van der Waals surface area contributed by atoms with Gasteiger partial charge in [-0.05, 0) is 12.1 Å². The van der Waals surface area contributed by atoms with Crippen LogP contribution in [0.15, 0.2) is 18.2 Å². The van der Waals surface area contributed by atoms with Gasteiger partial charge >= 0.3 is 11.9 Å². The summed E-state index contributed by atoms with van der Waals surface area (Å²) in [6, 6.07) is 4.94. The van der Waals surface area contributed by atoms with Crippen LogP contribution in [0.5, 0.6) is 5.75 Å². The summed E-state index contributed by atoms with van der Waals surface area (Å²) < 4.78 is 10.0. The van der Waals surface area contributed by atoms with E-state index in [4.69, 9.17) is 21.1 Å². The minimum absolute atomic E-state index is 0.149. The first kappa shape index (κ1) is 15.2. The van der Waals surface area contributed by atoms with Crippen LogP contribution in [0.3, 0.4) is 0 Å². The summed E-state index contributed by atoms with van der Waals surface area (Å²) in [5.41, 5.74) is 1.21. The maximum absolute atomic E-state index is 10.9. The van der Waals surface area contributed by atoms with Gasteiger partial charge in [-0.25, -0.2) is 0 Å². The highest BCUT2D eigenvalue weighted by Crippen LogP contribution is 2.18. The van der Waals surface area contributed by atoms with E-state index in [1.807, 2.05) is 0 Å². The molecule has 21 heavy (non-hydrogen) atoms. The number of fused-ring (bicyclic) bond motifs is 1. The van der Waals surface area contributed by atoms with Gasteiger partial charge in [-0.1, -0.05) is 0 Å². The van der Waals surface area contributed by atoms with Gasteiger partial charge in [-0.2, -0.15) is 15.0 Å². The summed E-state index contributed by atoms with van der Waals surface area (Å²) >= 11 is 5.74. The maximum Gasteiger partial charge on any atom is 0.308 e. The molecule has 0 saturated carbocycles. The molecule has 1 aromatic heterocycles. The van der Waals surface area contributed by atoms with Crippen LogP contribution in [-0.4, -0.2) is 38.9 Å². The van der Waals surface area contributed by atoms with E-state index in [2.05, 4.69) is 10.2 Å². The van der Waals surface area contributed by atoms with Gasteiger partial charge < -0.3 is 9.47 Å². The molecular formula is C13H14ClN3O4. The Balaban J connectivity index is 2.18. The maximum atomic E-state index is 10.9. The van der Waals surface area contributed by atoms with Gasteiger partial charge in [0.25, 0.3) is 0 Å². The zero-order valence-corrected chi connectivity index (χ0v) is 12.3. The number of carbonyl (C=O) groups is 2.